The third-order valence-corrected chi connectivity index (χ3v) is 2.98. The number of carbonyl (C=O) groups is 1. The van der Waals surface area contributed by atoms with Crippen LogP contribution in [0.15, 0.2) is 42.7 Å². The first kappa shape index (κ1) is 13.2. The summed E-state index contributed by atoms with van der Waals surface area (Å²) in [6.07, 6.45) is 2.82. The van der Waals surface area contributed by atoms with Gasteiger partial charge in [-0.3, -0.25) is 9.78 Å². The minimum absolute atomic E-state index is 0.225. The number of nitrogens with zero attached hydrogens (tertiary/aromatic N) is 1. The average Bonchev–Trinajstić information content (AvgIpc) is 2.37. The molecule has 0 amide bonds. The summed E-state index contributed by atoms with van der Waals surface area (Å²) in [6.45, 7) is 1.94. The molecule has 0 aliphatic heterocycles. The van der Waals surface area contributed by atoms with Crippen LogP contribution in [0.25, 0.3) is 0 Å². The number of hydrogen-bond acceptors (Lipinski definition) is 2. The van der Waals surface area contributed by atoms with E-state index in [1.54, 1.807) is 12.1 Å². The van der Waals surface area contributed by atoms with Crippen molar-refractivity contribution in [2.24, 2.45) is 0 Å². The number of rotatable bonds is 4. The molecule has 4 heteroatoms. The van der Waals surface area contributed by atoms with Crippen LogP contribution < -0.4 is 0 Å². The van der Waals surface area contributed by atoms with E-state index < -0.39 is 17.7 Å². The second-order valence-corrected chi connectivity index (χ2v) is 4.52. The van der Waals surface area contributed by atoms with Crippen molar-refractivity contribution >= 4 is 5.97 Å². The predicted octanol–water partition coefficient (Wildman–Crippen LogP) is 2.94. The number of hydrogen-bond donors (Lipinski definition) is 1. The number of aromatic nitrogens is 1. The summed E-state index contributed by atoms with van der Waals surface area (Å²) in [7, 11) is 0. The van der Waals surface area contributed by atoms with Crippen molar-refractivity contribution in [3.8, 4) is 0 Å². The molecule has 1 aromatic carbocycles. The molecule has 0 saturated heterocycles. The molecule has 0 radical (unpaired) electrons. The van der Waals surface area contributed by atoms with E-state index in [1.165, 1.54) is 12.3 Å². The van der Waals surface area contributed by atoms with Crippen LogP contribution in [0.2, 0.25) is 0 Å². The summed E-state index contributed by atoms with van der Waals surface area (Å²) in [5, 5.41) is 9.31. The average molecular weight is 259 g/mol. The molecule has 1 N–H and O–H groups in total. The highest BCUT2D eigenvalue weighted by Gasteiger charge is 2.20. The van der Waals surface area contributed by atoms with Crippen LogP contribution in [0.5, 0.6) is 0 Å². The Morgan fingerprint density at radius 2 is 2.00 bits per heavy atom. The predicted molar refractivity (Wildman–Crippen MR) is 69.5 cm³/mol. The molecule has 1 heterocycles. The van der Waals surface area contributed by atoms with Crippen molar-refractivity contribution in [2.75, 3.05) is 0 Å². The minimum atomic E-state index is -0.923. The van der Waals surface area contributed by atoms with Crippen LogP contribution in [0.1, 0.15) is 22.6 Å². The molecule has 0 aliphatic carbocycles. The second-order valence-electron chi connectivity index (χ2n) is 4.52. The van der Waals surface area contributed by atoms with Gasteiger partial charge in [0.05, 0.1) is 12.1 Å². The summed E-state index contributed by atoms with van der Waals surface area (Å²) >= 11 is 0. The van der Waals surface area contributed by atoms with Gasteiger partial charge in [-0.15, -0.1) is 0 Å². The van der Waals surface area contributed by atoms with E-state index in [2.05, 4.69) is 4.98 Å². The fourth-order valence-corrected chi connectivity index (χ4v) is 1.95. The van der Waals surface area contributed by atoms with E-state index >= 15 is 0 Å². The molecule has 1 atom stereocenters. The number of carboxylic acids is 1. The van der Waals surface area contributed by atoms with Crippen LogP contribution in [0.3, 0.4) is 0 Å². The number of aryl methyl sites for hydroxylation is 1. The van der Waals surface area contributed by atoms with Gasteiger partial charge in [0.1, 0.15) is 5.82 Å². The molecule has 2 rings (SSSR count). The lowest BCUT2D eigenvalue weighted by molar-refractivity contribution is -0.138. The number of halogens is 1. The van der Waals surface area contributed by atoms with Gasteiger partial charge in [0.15, 0.2) is 0 Å². The first-order valence-corrected chi connectivity index (χ1v) is 5.95. The Balaban J connectivity index is 2.26. The highest BCUT2D eigenvalue weighted by atomic mass is 19.1. The van der Waals surface area contributed by atoms with Crippen LogP contribution >= 0.6 is 0 Å². The Bertz CT molecular complexity index is 581. The van der Waals surface area contributed by atoms with Crippen LogP contribution in [-0.4, -0.2) is 16.1 Å². The molecule has 0 fully saturated rings. The van der Waals surface area contributed by atoms with E-state index in [9.17, 15) is 14.3 Å². The van der Waals surface area contributed by atoms with E-state index in [-0.39, 0.29) is 6.42 Å². The van der Waals surface area contributed by atoms with Crippen molar-refractivity contribution in [2.45, 2.75) is 19.3 Å². The van der Waals surface area contributed by atoms with Gasteiger partial charge < -0.3 is 5.11 Å². The fraction of sp³-hybridized carbons (Fsp3) is 0.200. The SMILES string of the molecule is Cc1ccc(C(Cc2cncc(F)c2)C(=O)O)cc1. The molecule has 1 aromatic heterocycles. The topological polar surface area (TPSA) is 50.2 Å². The number of aliphatic carboxylic acids is 1. The number of pyridine rings is 1. The van der Waals surface area contributed by atoms with Crippen LogP contribution in [0.4, 0.5) is 4.39 Å². The Hall–Kier alpha value is -2.23. The van der Waals surface area contributed by atoms with Gasteiger partial charge in [-0.1, -0.05) is 29.8 Å². The van der Waals surface area contributed by atoms with E-state index in [0.29, 0.717) is 11.1 Å². The summed E-state index contributed by atoms with van der Waals surface area (Å²) in [4.78, 5) is 15.1. The molecule has 0 saturated carbocycles. The maximum absolute atomic E-state index is 13.1. The molecule has 0 aliphatic rings. The monoisotopic (exact) mass is 259 g/mol. The van der Waals surface area contributed by atoms with Gasteiger partial charge in [-0.2, -0.15) is 0 Å². The zero-order chi connectivity index (χ0) is 13.8. The van der Waals surface area contributed by atoms with E-state index in [1.807, 2.05) is 19.1 Å². The zero-order valence-electron chi connectivity index (χ0n) is 10.5. The van der Waals surface area contributed by atoms with Crippen molar-refractivity contribution in [1.29, 1.82) is 0 Å². The summed E-state index contributed by atoms with van der Waals surface area (Å²) in [5.74, 6) is -2.07. The fourth-order valence-electron chi connectivity index (χ4n) is 1.95. The first-order valence-electron chi connectivity index (χ1n) is 5.95. The molecule has 1 unspecified atom stereocenters. The van der Waals surface area contributed by atoms with Gasteiger partial charge in [0.25, 0.3) is 0 Å². The molecular weight excluding hydrogens is 245 g/mol. The third kappa shape index (κ3) is 3.37. The molecule has 0 spiro atoms. The third-order valence-electron chi connectivity index (χ3n) is 2.98. The standard InChI is InChI=1S/C15H14FNO2/c1-10-2-4-12(5-3-10)14(15(18)19)7-11-6-13(16)9-17-8-11/h2-6,8-9,14H,7H2,1H3,(H,18,19). The second kappa shape index (κ2) is 5.61. The van der Waals surface area contributed by atoms with Gasteiger partial charge in [0, 0.05) is 6.20 Å². The first-order chi connectivity index (χ1) is 9.06. The van der Waals surface area contributed by atoms with E-state index in [0.717, 1.165) is 11.8 Å². The van der Waals surface area contributed by atoms with Gasteiger partial charge in [-0.25, -0.2) is 4.39 Å². The quantitative estimate of drug-likeness (QED) is 0.918. The largest absolute Gasteiger partial charge is 0.481 e. The van der Waals surface area contributed by atoms with Crippen LogP contribution in [-0.2, 0) is 11.2 Å². The van der Waals surface area contributed by atoms with Gasteiger partial charge >= 0.3 is 5.97 Å². The van der Waals surface area contributed by atoms with Crippen molar-refractivity contribution in [1.82, 2.24) is 4.98 Å². The van der Waals surface area contributed by atoms with Crippen molar-refractivity contribution in [3.05, 3.63) is 65.2 Å². The highest BCUT2D eigenvalue weighted by molar-refractivity contribution is 5.76. The molecule has 2 aromatic rings. The number of benzene rings is 1. The van der Waals surface area contributed by atoms with Gasteiger partial charge in [-0.05, 0) is 30.5 Å². The molecule has 19 heavy (non-hydrogen) atoms. The smallest absolute Gasteiger partial charge is 0.311 e. The lowest BCUT2D eigenvalue weighted by Crippen LogP contribution is -2.14. The highest BCUT2D eigenvalue weighted by Crippen LogP contribution is 2.22. The number of carboxylic acid groups (broad SMARTS) is 1. The van der Waals surface area contributed by atoms with Gasteiger partial charge in [0.2, 0.25) is 0 Å². The summed E-state index contributed by atoms with van der Waals surface area (Å²) in [6, 6.07) is 8.64. The Morgan fingerprint density at radius 3 is 2.58 bits per heavy atom. The summed E-state index contributed by atoms with van der Waals surface area (Å²) < 4.78 is 13.1. The normalized spacial score (nSPS) is 12.1. The maximum Gasteiger partial charge on any atom is 0.311 e. The Morgan fingerprint density at radius 1 is 1.32 bits per heavy atom. The maximum atomic E-state index is 13.1. The summed E-state index contributed by atoms with van der Waals surface area (Å²) in [5.41, 5.74) is 2.36. The molecule has 98 valence electrons. The molecular formula is C15H14FNO2. The zero-order valence-corrected chi connectivity index (χ0v) is 10.5. The lowest BCUT2D eigenvalue weighted by atomic mass is 9.92. The molecule has 3 nitrogen and oxygen atoms in total. The van der Waals surface area contributed by atoms with Crippen LogP contribution in [0, 0.1) is 12.7 Å². The van der Waals surface area contributed by atoms with Crippen molar-refractivity contribution in [3.63, 3.8) is 0 Å². The van der Waals surface area contributed by atoms with Crippen molar-refractivity contribution < 1.29 is 14.3 Å². The Labute approximate surface area is 110 Å². The molecule has 0 bridgehead atoms. The Kier molecular flexibility index (Phi) is 3.90. The minimum Gasteiger partial charge on any atom is -0.481 e. The van der Waals surface area contributed by atoms with E-state index in [4.69, 9.17) is 0 Å². The lowest BCUT2D eigenvalue weighted by Gasteiger charge is -2.13.